The van der Waals surface area contributed by atoms with Crippen molar-refractivity contribution in [3.8, 4) is 0 Å². The summed E-state index contributed by atoms with van der Waals surface area (Å²) in [6.07, 6.45) is 4.14. The van der Waals surface area contributed by atoms with E-state index in [1.54, 1.807) is 0 Å². The lowest BCUT2D eigenvalue weighted by Crippen LogP contribution is -2.64. The smallest absolute Gasteiger partial charge is 0.0338 e. The third-order valence-electron chi connectivity index (χ3n) is 5.08. The first-order chi connectivity index (χ1) is 9.58. The number of nitrogens with zero attached hydrogens (tertiary/aromatic N) is 1. The molecule has 1 N–H and O–H groups in total. The summed E-state index contributed by atoms with van der Waals surface area (Å²) in [4.78, 5) is 2.77. The van der Waals surface area contributed by atoms with Gasteiger partial charge in [0.2, 0.25) is 0 Å². The highest BCUT2D eigenvalue weighted by molar-refractivity contribution is 7.07. The first kappa shape index (κ1) is 14.6. The van der Waals surface area contributed by atoms with Crippen LogP contribution < -0.4 is 5.32 Å². The average Bonchev–Trinajstić information content (AvgIpc) is 3.13. The Labute approximate surface area is 127 Å². The summed E-state index contributed by atoms with van der Waals surface area (Å²) >= 11 is 1.82. The predicted octanol–water partition coefficient (Wildman–Crippen LogP) is 3.74. The zero-order valence-electron chi connectivity index (χ0n) is 13.1. The van der Waals surface area contributed by atoms with Gasteiger partial charge in [-0.15, -0.1) is 0 Å². The number of thiophene rings is 1. The van der Waals surface area contributed by atoms with Crippen molar-refractivity contribution in [2.75, 3.05) is 13.1 Å². The molecule has 0 radical (unpaired) electrons. The van der Waals surface area contributed by atoms with Gasteiger partial charge >= 0.3 is 0 Å². The van der Waals surface area contributed by atoms with E-state index >= 15 is 0 Å². The molecule has 2 aliphatic rings. The van der Waals surface area contributed by atoms with Crippen molar-refractivity contribution >= 4 is 11.3 Å². The molecule has 2 fully saturated rings. The normalized spacial score (nSPS) is 31.9. The van der Waals surface area contributed by atoms with Gasteiger partial charge in [-0.3, -0.25) is 4.90 Å². The van der Waals surface area contributed by atoms with Crippen molar-refractivity contribution in [2.24, 2.45) is 11.8 Å². The average molecular weight is 292 g/mol. The van der Waals surface area contributed by atoms with E-state index in [2.05, 4.69) is 47.8 Å². The fraction of sp³-hybridized carbons (Fsp3) is 0.765. The minimum atomic E-state index is 0.370. The van der Waals surface area contributed by atoms with Crippen molar-refractivity contribution in [2.45, 2.75) is 58.2 Å². The summed E-state index contributed by atoms with van der Waals surface area (Å²) in [5, 5.41) is 8.35. The summed E-state index contributed by atoms with van der Waals surface area (Å²) in [6.45, 7) is 10.7. The molecule has 20 heavy (non-hydrogen) atoms. The van der Waals surface area contributed by atoms with E-state index in [1.165, 1.54) is 37.9 Å². The Morgan fingerprint density at radius 3 is 2.85 bits per heavy atom. The van der Waals surface area contributed by atoms with E-state index < -0.39 is 0 Å². The highest BCUT2D eigenvalue weighted by atomic mass is 32.1. The van der Waals surface area contributed by atoms with E-state index in [1.807, 2.05) is 11.3 Å². The summed E-state index contributed by atoms with van der Waals surface area (Å²) in [6, 6.07) is 2.96. The Kier molecular flexibility index (Phi) is 4.21. The molecule has 1 aromatic rings. The zero-order chi connectivity index (χ0) is 14.2. The van der Waals surface area contributed by atoms with Crippen molar-refractivity contribution in [3.05, 3.63) is 22.4 Å². The van der Waals surface area contributed by atoms with Gasteiger partial charge in [0.15, 0.2) is 0 Å². The molecular weight excluding hydrogens is 264 g/mol. The molecule has 1 aliphatic carbocycles. The molecule has 112 valence electrons. The number of rotatable bonds is 5. The lowest BCUT2D eigenvalue weighted by atomic mass is 9.87. The Morgan fingerprint density at radius 1 is 1.45 bits per heavy atom. The lowest BCUT2D eigenvalue weighted by Gasteiger charge is -2.49. The zero-order valence-corrected chi connectivity index (χ0v) is 13.9. The second-order valence-corrected chi connectivity index (χ2v) is 8.13. The van der Waals surface area contributed by atoms with Gasteiger partial charge in [-0.2, -0.15) is 11.3 Å². The van der Waals surface area contributed by atoms with Crippen molar-refractivity contribution in [3.63, 3.8) is 0 Å². The van der Waals surface area contributed by atoms with E-state index in [0.29, 0.717) is 11.6 Å². The van der Waals surface area contributed by atoms with Crippen LogP contribution in [-0.2, 0) is 6.54 Å². The molecular formula is C17H28N2S. The van der Waals surface area contributed by atoms with Gasteiger partial charge < -0.3 is 5.32 Å². The molecule has 1 saturated carbocycles. The first-order valence-corrected chi connectivity index (χ1v) is 9.01. The predicted molar refractivity (Wildman–Crippen MR) is 87.1 cm³/mol. The fourth-order valence-electron chi connectivity index (χ4n) is 3.68. The SMILES string of the molecule is CC(C)CC1CN(Cc2ccsc2)C(C)(C2CC2)CN1. The highest BCUT2D eigenvalue weighted by Gasteiger charge is 2.48. The van der Waals surface area contributed by atoms with Crippen molar-refractivity contribution in [1.82, 2.24) is 10.2 Å². The van der Waals surface area contributed by atoms with Crippen LogP contribution in [0.2, 0.25) is 0 Å². The Morgan fingerprint density at radius 2 is 2.25 bits per heavy atom. The lowest BCUT2D eigenvalue weighted by molar-refractivity contribution is 0.0239. The molecule has 0 spiro atoms. The van der Waals surface area contributed by atoms with Crippen LogP contribution in [0.15, 0.2) is 16.8 Å². The van der Waals surface area contributed by atoms with Gasteiger partial charge in [-0.05, 0) is 60.4 Å². The molecule has 1 aliphatic heterocycles. The molecule has 0 bridgehead atoms. The van der Waals surface area contributed by atoms with Crippen LogP contribution >= 0.6 is 11.3 Å². The summed E-state index contributed by atoms with van der Waals surface area (Å²) in [5.74, 6) is 1.69. The van der Waals surface area contributed by atoms with Crippen LogP contribution in [0.3, 0.4) is 0 Å². The molecule has 3 heteroatoms. The van der Waals surface area contributed by atoms with Gasteiger partial charge in [0.25, 0.3) is 0 Å². The van der Waals surface area contributed by atoms with Gasteiger partial charge in [0.05, 0.1) is 0 Å². The molecule has 2 heterocycles. The minimum Gasteiger partial charge on any atom is -0.311 e. The second kappa shape index (κ2) is 5.78. The molecule has 2 unspecified atom stereocenters. The first-order valence-electron chi connectivity index (χ1n) is 8.07. The third kappa shape index (κ3) is 3.10. The number of nitrogens with one attached hydrogen (secondary N) is 1. The Hall–Kier alpha value is -0.380. The van der Waals surface area contributed by atoms with Crippen LogP contribution in [0.4, 0.5) is 0 Å². The topological polar surface area (TPSA) is 15.3 Å². The van der Waals surface area contributed by atoms with Crippen LogP contribution in [0, 0.1) is 11.8 Å². The second-order valence-electron chi connectivity index (χ2n) is 7.35. The molecule has 3 rings (SSSR count). The minimum absolute atomic E-state index is 0.370. The van der Waals surface area contributed by atoms with Gasteiger partial charge in [-0.25, -0.2) is 0 Å². The molecule has 0 aromatic carbocycles. The monoisotopic (exact) mass is 292 g/mol. The highest BCUT2D eigenvalue weighted by Crippen LogP contribution is 2.44. The maximum Gasteiger partial charge on any atom is 0.0338 e. The van der Waals surface area contributed by atoms with E-state index in [-0.39, 0.29) is 0 Å². The maximum atomic E-state index is 3.83. The standard InChI is InChI=1S/C17H28N2S/c1-13(2)8-16-10-19(9-14-6-7-20-11-14)17(3,12-18-16)15-4-5-15/h6-7,11,13,15-16,18H,4-5,8-10,12H2,1-3H3. The van der Waals surface area contributed by atoms with E-state index in [0.717, 1.165) is 18.4 Å². The quantitative estimate of drug-likeness (QED) is 0.889. The van der Waals surface area contributed by atoms with Crippen LogP contribution in [-0.4, -0.2) is 29.6 Å². The largest absolute Gasteiger partial charge is 0.311 e. The number of piperazine rings is 1. The third-order valence-corrected chi connectivity index (χ3v) is 5.81. The van der Waals surface area contributed by atoms with Gasteiger partial charge in [0, 0.05) is 31.2 Å². The van der Waals surface area contributed by atoms with E-state index in [4.69, 9.17) is 0 Å². The fourth-order valence-corrected chi connectivity index (χ4v) is 4.34. The Bertz CT molecular complexity index is 424. The molecule has 0 amide bonds. The van der Waals surface area contributed by atoms with Crippen LogP contribution in [0.1, 0.15) is 45.6 Å². The molecule has 1 saturated heterocycles. The maximum absolute atomic E-state index is 3.83. The van der Waals surface area contributed by atoms with Gasteiger partial charge in [0.1, 0.15) is 0 Å². The van der Waals surface area contributed by atoms with Crippen molar-refractivity contribution in [1.29, 1.82) is 0 Å². The van der Waals surface area contributed by atoms with Crippen LogP contribution in [0.25, 0.3) is 0 Å². The molecule has 2 atom stereocenters. The van der Waals surface area contributed by atoms with Crippen molar-refractivity contribution < 1.29 is 0 Å². The Balaban J connectivity index is 1.72. The summed E-state index contributed by atoms with van der Waals surface area (Å²) < 4.78 is 0. The molecule has 1 aromatic heterocycles. The number of hydrogen-bond acceptors (Lipinski definition) is 3. The summed E-state index contributed by atoms with van der Waals surface area (Å²) in [7, 11) is 0. The van der Waals surface area contributed by atoms with Gasteiger partial charge in [-0.1, -0.05) is 13.8 Å². The summed E-state index contributed by atoms with van der Waals surface area (Å²) in [5.41, 5.74) is 1.86. The van der Waals surface area contributed by atoms with E-state index in [9.17, 15) is 0 Å². The van der Waals surface area contributed by atoms with Crippen LogP contribution in [0.5, 0.6) is 0 Å². The molecule has 2 nitrogen and oxygen atoms in total. The number of hydrogen-bond donors (Lipinski definition) is 1.